The topological polar surface area (TPSA) is 43.6 Å². The summed E-state index contributed by atoms with van der Waals surface area (Å²) in [5, 5.41) is 9.83. The van der Waals surface area contributed by atoms with E-state index in [1.165, 1.54) is 5.56 Å². The van der Waals surface area contributed by atoms with Gasteiger partial charge in [-0.2, -0.15) is 0 Å². The average Bonchev–Trinajstić information content (AvgIpc) is 3.00. The lowest BCUT2D eigenvalue weighted by Gasteiger charge is -2.08. The molecule has 6 heteroatoms. The van der Waals surface area contributed by atoms with E-state index in [0.29, 0.717) is 0 Å². The van der Waals surface area contributed by atoms with E-state index in [1.807, 2.05) is 54.2 Å². The third-order valence-corrected chi connectivity index (χ3v) is 4.67. The number of rotatable bonds is 5. The summed E-state index contributed by atoms with van der Waals surface area (Å²) in [5.41, 5.74) is 3.31. The number of aromatic nitrogens is 4. The highest BCUT2D eigenvalue weighted by Gasteiger charge is 2.08. The van der Waals surface area contributed by atoms with Crippen molar-refractivity contribution in [1.29, 1.82) is 0 Å². The lowest BCUT2D eigenvalue weighted by Crippen LogP contribution is -1.97. The van der Waals surface area contributed by atoms with Gasteiger partial charge in [-0.15, -0.1) is 10.2 Å². The van der Waals surface area contributed by atoms with Gasteiger partial charge in [0.2, 0.25) is 0 Å². The van der Waals surface area contributed by atoms with Crippen LogP contribution in [0.25, 0.3) is 5.69 Å². The van der Waals surface area contributed by atoms with Crippen LogP contribution in [0.15, 0.2) is 54.2 Å². The van der Waals surface area contributed by atoms with E-state index >= 15 is 0 Å². The van der Waals surface area contributed by atoms with Crippen molar-refractivity contribution >= 4 is 23.4 Å². The molecule has 0 aliphatic heterocycles. The monoisotopic (exact) mass is 330 g/mol. The molecule has 0 N–H and O–H groups in total. The van der Waals surface area contributed by atoms with Crippen molar-refractivity contribution in [2.75, 3.05) is 5.75 Å². The Morgan fingerprint density at radius 3 is 2.77 bits per heavy atom. The summed E-state index contributed by atoms with van der Waals surface area (Å²) in [7, 11) is 0. The molecule has 0 spiro atoms. The molecular formula is C16H15ClN4S. The Balaban J connectivity index is 1.71. The van der Waals surface area contributed by atoms with Crippen LogP contribution in [-0.2, 0) is 6.42 Å². The predicted molar refractivity (Wildman–Crippen MR) is 89.8 cm³/mol. The van der Waals surface area contributed by atoms with Gasteiger partial charge >= 0.3 is 0 Å². The van der Waals surface area contributed by atoms with Crippen LogP contribution in [0.1, 0.15) is 11.1 Å². The van der Waals surface area contributed by atoms with Crippen LogP contribution in [0, 0.1) is 6.92 Å². The molecule has 0 aliphatic carbocycles. The fourth-order valence-corrected chi connectivity index (χ4v) is 3.13. The summed E-state index contributed by atoms with van der Waals surface area (Å²) in [6.45, 7) is 1.99. The number of hydrogen-bond acceptors (Lipinski definition) is 4. The van der Waals surface area contributed by atoms with Crippen molar-refractivity contribution in [1.82, 2.24) is 19.7 Å². The van der Waals surface area contributed by atoms with Crippen LogP contribution >= 0.6 is 23.4 Å². The van der Waals surface area contributed by atoms with Gasteiger partial charge in [0.05, 0.1) is 5.69 Å². The first-order chi connectivity index (χ1) is 10.7. The highest BCUT2D eigenvalue weighted by Crippen LogP contribution is 2.24. The summed E-state index contributed by atoms with van der Waals surface area (Å²) in [6, 6.07) is 10.0. The molecule has 2 heterocycles. The first-order valence-corrected chi connectivity index (χ1v) is 8.28. The molecule has 1 aromatic carbocycles. The summed E-state index contributed by atoms with van der Waals surface area (Å²) < 4.78 is 1.96. The van der Waals surface area contributed by atoms with Crippen LogP contribution in [0.2, 0.25) is 5.02 Å². The zero-order chi connectivity index (χ0) is 15.4. The van der Waals surface area contributed by atoms with E-state index < -0.39 is 0 Å². The second kappa shape index (κ2) is 6.94. The summed E-state index contributed by atoms with van der Waals surface area (Å²) in [4.78, 5) is 4.03. The number of pyridine rings is 1. The molecule has 0 saturated heterocycles. The molecule has 22 heavy (non-hydrogen) atoms. The fourth-order valence-electron chi connectivity index (χ4n) is 2.04. The number of nitrogens with zero attached hydrogens (tertiary/aromatic N) is 4. The van der Waals surface area contributed by atoms with E-state index in [0.717, 1.165) is 33.6 Å². The second-order valence-corrected chi connectivity index (χ2v) is 6.34. The zero-order valence-corrected chi connectivity index (χ0v) is 13.7. The van der Waals surface area contributed by atoms with Crippen molar-refractivity contribution in [2.45, 2.75) is 18.5 Å². The molecule has 3 aromatic rings. The summed E-state index contributed by atoms with van der Waals surface area (Å²) >= 11 is 7.88. The maximum absolute atomic E-state index is 6.20. The lowest BCUT2D eigenvalue weighted by atomic mass is 10.2. The van der Waals surface area contributed by atoms with E-state index in [2.05, 4.69) is 15.2 Å². The smallest absolute Gasteiger partial charge is 0.195 e. The summed E-state index contributed by atoms with van der Waals surface area (Å²) in [6.07, 6.45) is 6.32. The minimum absolute atomic E-state index is 0.749. The number of aryl methyl sites for hydroxylation is 2. The molecule has 4 nitrogen and oxygen atoms in total. The fraction of sp³-hybridized carbons (Fsp3) is 0.188. The Hall–Kier alpha value is -1.85. The second-order valence-electron chi connectivity index (χ2n) is 4.87. The van der Waals surface area contributed by atoms with E-state index in [1.54, 1.807) is 18.1 Å². The Morgan fingerprint density at radius 1 is 1.18 bits per heavy atom. The molecular weight excluding hydrogens is 316 g/mol. The van der Waals surface area contributed by atoms with Crippen molar-refractivity contribution in [3.8, 4) is 5.69 Å². The molecule has 0 fully saturated rings. The molecule has 0 amide bonds. The molecule has 0 atom stereocenters. The van der Waals surface area contributed by atoms with Gasteiger partial charge < -0.3 is 0 Å². The first kappa shape index (κ1) is 15.1. The number of halogens is 1. The van der Waals surface area contributed by atoms with Crippen LogP contribution in [0.4, 0.5) is 0 Å². The molecule has 0 unspecified atom stereocenters. The number of benzene rings is 1. The molecule has 3 rings (SSSR count). The molecule has 0 aliphatic rings. The first-order valence-electron chi connectivity index (χ1n) is 6.92. The van der Waals surface area contributed by atoms with E-state index in [-0.39, 0.29) is 0 Å². The molecule has 0 radical (unpaired) electrons. The molecule has 0 saturated carbocycles. The van der Waals surface area contributed by atoms with Gasteiger partial charge in [-0.3, -0.25) is 9.55 Å². The molecule has 112 valence electrons. The predicted octanol–water partition coefficient (Wildman–Crippen LogP) is 3.96. The SMILES string of the molecule is Cc1ccc(-n2cnnc2SCCc2ccncc2)cc1Cl. The highest BCUT2D eigenvalue weighted by molar-refractivity contribution is 7.99. The third-order valence-electron chi connectivity index (χ3n) is 3.32. The maximum Gasteiger partial charge on any atom is 0.195 e. The van der Waals surface area contributed by atoms with Crippen LogP contribution in [0.5, 0.6) is 0 Å². The highest BCUT2D eigenvalue weighted by atomic mass is 35.5. The van der Waals surface area contributed by atoms with Gasteiger partial charge in [0.15, 0.2) is 5.16 Å². The Labute approximate surface area is 138 Å². The Morgan fingerprint density at radius 2 is 2.00 bits per heavy atom. The summed E-state index contributed by atoms with van der Waals surface area (Å²) in [5.74, 6) is 0.933. The normalized spacial score (nSPS) is 10.8. The number of hydrogen-bond donors (Lipinski definition) is 0. The Bertz CT molecular complexity index is 758. The third kappa shape index (κ3) is 3.48. The van der Waals surface area contributed by atoms with Crippen molar-refractivity contribution in [3.63, 3.8) is 0 Å². The zero-order valence-electron chi connectivity index (χ0n) is 12.1. The Kier molecular flexibility index (Phi) is 4.75. The van der Waals surface area contributed by atoms with Crippen molar-refractivity contribution < 1.29 is 0 Å². The molecule has 2 aromatic heterocycles. The average molecular weight is 331 g/mol. The minimum Gasteiger partial charge on any atom is -0.277 e. The van der Waals surface area contributed by atoms with Gasteiger partial charge in [0.1, 0.15) is 6.33 Å². The van der Waals surface area contributed by atoms with Crippen LogP contribution in [-0.4, -0.2) is 25.5 Å². The van der Waals surface area contributed by atoms with E-state index in [4.69, 9.17) is 11.6 Å². The van der Waals surface area contributed by atoms with E-state index in [9.17, 15) is 0 Å². The van der Waals surface area contributed by atoms with Crippen LogP contribution in [0.3, 0.4) is 0 Å². The van der Waals surface area contributed by atoms with Gasteiger partial charge in [-0.05, 0) is 48.7 Å². The van der Waals surface area contributed by atoms with Crippen LogP contribution < -0.4 is 0 Å². The largest absolute Gasteiger partial charge is 0.277 e. The maximum atomic E-state index is 6.20. The quantitative estimate of drug-likeness (QED) is 0.664. The van der Waals surface area contributed by atoms with Crippen molar-refractivity contribution in [3.05, 3.63) is 65.2 Å². The van der Waals surface area contributed by atoms with Gasteiger partial charge in [-0.25, -0.2) is 0 Å². The minimum atomic E-state index is 0.749. The standard InChI is InChI=1S/C16H15ClN4S/c1-12-2-3-14(10-15(12)17)21-11-19-20-16(21)22-9-6-13-4-7-18-8-5-13/h2-5,7-8,10-11H,6,9H2,1H3. The van der Waals surface area contributed by atoms with Gasteiger partial charge in [0, 0.05) is 23.2 Å². The number of thioether (sulfide) groups is 1. The lowest BCUT2D eigenvalue weighted by molar-refractivity contribution is 0.882. The van der Waals surface area contributed by atoms with Gasteiger partial charge in [-0.1, -0.05) is 29.4 Å². The molecule has 0 bridgehead atoms. The van der Waals surface area contributed by atoms with Gasteiger partial charge in [0.25, 0.3) is 0 Å². The van der Waals surface area contributed by atoms with Crippen molar-refractivity contribution in [2.24, 2.45) is 0 Å².